The van der Waals surface area contributed by atoms with Crippen LogP contribution in [0.5, 0.6) is 0 Å². The van der Waals surface area contributed by atoms with Crippen molar-refractivity contribution in [2.75, 3.05) is 54.5 Å². The lowest BCUT2D eigenvalue weighted by Crippen LogP contribution is -3.06. The van der Waals surface area contributed by atoms with Crippen LogP contribution in [0, 0.1) is 21.7 Å². The van der Waals surface area contributed by atoms with Gasteiger partial charge in [0.25, 0.3) is 0 Å². The fourth-order valence-corrected chi connectivity index (χ4v) is 3.82. The quantitative estimate of drug-likeness (QED) is 0.223. The highest BCUT2D eigenvalue weighted by molar-refractivity contribution is 5.79. The van der Waals surface area contributed by atoms with Gasteiger partial charge in [0.15, 0.2) is 0 Å². The molecular formula is C28H54N2O8. The number of ether oxygens (including phenoxy) is 2. The number of nitrogens with one attached hydrogen (secondary N) is 2. The Morgan fingerprint density at radius 1 is 0.605 bits per heavy atom. The smallest absolute Gasteiger partial charge is 0.312 e. The van der Waals surface area contributed by atoms with E-state index in [9.17, 15) is 29.4 Å². The van der Waals surface area contributed by atoms with Crippen molar-refractivity contribution >= 4 is 23.9 Å². The highest BCUT2D eigenvalue weighted by Crippen LogP contribution is 2.38. The average molecular weight is 547 g/mol. The first-order valence-electron chi connectivity index (χ1n) is 13.5. The van der Waals surface area contributed by atoms with Crippen molar-refractivity contribution in [3.8, 4) is 0 Å². The predicted octanol–water partition coefficient (Wildman–Crippen LogP) is -1.49. The second kappa shape index (κ2) is 16.0. The van der Waals surface area contributed by atoms with Gasteiger partial charge in [-0.05, 0) is 39.5 Å². The van der Waals surface area contributed by atoms with Gasteiger partial charge in [0.05, 0.1) is 39.0 Å². The van der Waals surface area contributed by atoms with Crippen LogP contribution in [-0.4, -0.2) is 78.4 Å². The molecule has 10 heteroatoms. The zero-order valence-corrected chi connectivity index (χ0v) is 25.9. The van der Waals surface area contributed by atoms with E-state index in [1.165, 1.54) is 9.80 Å². The fourth-order valence-electron chi connectivity index (χ4n) is 3.82. The normalized spacial score (nSPS) is 15.1. The molecular weight excluding hydrogens is 492 g/mol. The molecule has 2 unspecified atom stereocenters. The van der Waals surface area contributed by atoms with Crippen LogP contribution in [0.4, 0.5) is 0 Å². The Morgan fingerprint density at radius 2 is 0.868 bits per heavy atom. The van der Waals surface area contributed by atoms with E-state index in [-0.39, 0.29) is 24.8 Å². The van der Waals surface area contributed by atoms with Crippen LogP contribution in [-0.2, 0) is 28.7 Å². The van der Waals surface area contributed by atoms with Gasteiger partial charge in [-0.2, -0.15) is 0 Å². The maximum absolute atomic E-state index is 12.1. The topological polar surface area (TPSA) is 142 Å². The van der Waals surface area contributed by atoms with Crippen molar-refractivity contribution < 1.29 is 48.7 Å². The van der Waals surface area contributed by atoms with E-state index >= 15 is 0 Å². The molecule has 0 amide bonds. The van der Waals surface area contributed by atoms with E-state index in [0.29, 0.717) is 26.1 Å². The number of hydrogen-bond donors (Lipinski definition) is 2. The lowest BCUT2D eigenvalue weighted by atomic mass is 9.72. The Hall–Kier alpha value is -2.20. The first-order valence-corrected chi connectivity index (χ1v) is 13.5. The van der Waals surface area contributed by atoms with Crippen molar-refractivity contribution in [3.05, 3.63) is 0 Å². The average Bonchev–Trinajstić information content (AvgIpc) is 2.77. The largest absolute Gasteiger partial charge is 0.550 e. The summed E-state index contributed by atoms with van der Waals surface area (Å²) >= 11 is 0. The summed E-state index contributed by atoms with van der Waals surface area (Å²) in [4.78, 5) is 48.8. The molecule has 0 rings (SSSR count). The van der Waals surface area contributed by atoms with Gasteiger partial charge in [-0.15, -0.1) is 0 Å². The Labute approximate surface area is 230 Å². The monoisotopic (exact) mass is 546 g/mol. The molecule has 0 aliphatic rings. The van der Waals surface area contributed by atoms with Gasteiger partial charge in [-0.1, -0.05) is 41.5 Å². The molecule has 0 aliphatic heterocycles. The molecule has 0 bridgehead atoms. The van der Waals surface area contributed by atoms with E-state index in [1.54, 1.807) is 41.5 Å². The first kappa shape index (κ1) is 37.9. The third-order valence-electron chi connectivity index (χ3n) is 6.99. The standard InChI is InChI=1S/2C14H27NO4/c2*1-7-14(4,10-13(2,3)11(16)17)12(18)19-9-8-15(5)6/h2*7-10H2,1-6H3,(H,16,17). The van der Waals surface area contributed by atoms with Crippen LogP contribution in [0.2, 0.25) is 0 Å². The first-order chi connectivity index (χ1) is 17.1. The molecule has 0 radical (unpaired) electrons. The number of quaternary nitrogens is 2. The minimum absolute atomic E-state index is 0.215. The van der Waals surface area contributed by atoms with Crippen molar-refractivity contribution in [2.45, 2.75) is 81.1 Å². The van der Waals surface area contributed by atoms with Crippen LogP contribution in [0.1, 0.15) is 81.1 Å². The van der Waals surface area contributed by atoms with Gasteiger partial charge in [0.1, 0.15) is 26.3 Å². The molecule has 2 N–H and O–H groups in total. The predicted molar refractivity (Wildman–Crippen MR) is 141 cm³/mol. The molecule has 0 aromatic heterocycles. The van der Waals surface area contributed by atoms with Crippen molar-refractivity contribution in [1.29, 1.82) is 0 Å². The number of esters is 2. The highest BCUT2D eigenvalue weighted by atomic mass is 16.5. The van der Waals surface area contributed by atoms with Crippen LogP contribution in [0.3, 0.4) is 0 Å². The van der Waals surface area contributed by atoms with Gasteiger partial charge in [-0.3, -0.25) is 9.59 Å². The lowest BCUT2D eigenvalue weighted by molar-refractivity contribution is -0.858. The molecule has 0 aliphatic carbocycles. The zero-order valence-electron chi connectivity index (χ0n) is 25.9. The van der Waals surface area contributed by atoms with Crippen molar-refractivity contribution in [2.24, 2.45) is 21.7 Å². The van der Waals surface area contributed by atoms with E-state index in [0.717, 1.165) is 13.1 Å². The number of likely N-dealkylation sites (N-methyl/N-ethyl adjacent to an activating group) is 2. The van der Waals surface area contributed by atoms with Crippen LogP contribution in [0.15, 0.2) is 0 Å². The van der Waals surface area contributed by atoms with E-state index in [4.69, 9.17) is 9.47 Å². The lowest BCUT2D eigenvalue weighted by Gasteiger charge is -2.35. The van der Waals surface area contributed by atoms with E-state index < -0.39 is 33.6 Å². The summed E-state index contributed by atoms with van der Waals surface area (Å²) < 4.78 is 10.5. The zero-order chi connectivity index (χ0) is 30.5. The molecule has 224 valence electrons. The molecule has 10 nitrogen and oxygen atoms in total. The number of aliphatic carboxylic acids is 2. The Kier molecular flexibility index (Phi) is 16.0. The van der Waals surface area contributed by atoms with Gasteiger partial charge in [0.2, 0.25) is 0 Å². The summed E-state index contributed by atoms with van der Waals surface area (Å²) in [6.45, 7) is 15.7. The molecule has 2 atom stereocenters. The second-order valence-corrected chi connectivity index (χ2v) is 12.7. The van der Waals surface area contributed by atoms with Crippen molar-refractivity contribution in [3.63, 3.8) is 0 Å². The Bertz CT molecular complexity index is 715. The summed E-state index contributed by atoms with van der Waals surface area (Å²) in [6, 6.07) is 0. The molecule has 0 fully saturated rings. The van der Waals surface area contributed by atoms with Crippen LogP contribution >= 0.6 is 0 Å². The van der Waals surface area contributed by atoms with Crippen LogP contribution < -0.4 is 20.0 Å². The maximum Gasteiger partial charge on any atom is 0.312 e. The van der Waals surface area contributed by atoms with Gasteiger partial charge < -0.3 is 39.1 Å². The molecule has 0 aromatic carbocycles. The van der Waals surface area contributed by atoms with Gasteiger partial charge >= 0.3 is 11.9 Å². The van der Waals surface area contributed by atoms with E-state index in [1.807, 2.05) is 42.0 Å². The van der Waals surface area contributed by atoms with Gasteiger partial charge in [0, 0.05) is 22.8 Å². The molecule has 38 heavy (non-hydrogen) atoms. The van der Waals surface area contributed by atoms with Crippen LogP contribution in [0.25, 0.3) is 0 Å². The number of hydrogen-bond acceptors (Lipinski definition) is 8. The third-order valence-corrected chi connectivity index (χ3v) is 6.99. The summed E-state index contributed by atoms with van der Waals surface area (Å²) in [5.74, 6) is -2.94. The van der Waals surface area contributed by atoms with E-state index in [2.05, 4.69) is 0 Å². The van der Waals surface area contributed by atoms with Gasteiger partial charge in [-0.25, -0.2) is 0 Å². The summed E-state index contributed by atoms with van der Waals surface area (Å²) in [5, 5.41) is 22.1. The molecule has 0 saturated carbocycles. The van der Waals surface area contributed by atoms with Crippen molar-refractivity contribution in [1.82, 2.24) is 0 Å². The highest BCUT2D eigenvalue weighted by Gasteiger charge is 2.40. The number of rotatable bonds is 16. The maximum atomic E-state index is 12.1. The fraction of sp³-hybridized carbons (Fsp3) is 0.857. The SMILES string of the molecule is CCC(C)(CC(C)(C)C(=O)[O-])C(=O)OCC[NH+](C)C.CCC(C)(CC(C)(C)C(=O)[O-])C(=O)OCC[NH+](C)C. The second-order valence-electron chi connectivity index (χ2n) is 12.7. The summed E-state index contributed by atoms with van der Waals surface area (Å²) in [5.41, 5.74) is -3.66. The number of carboxylic acid groups (broad SMARTS) is 2. The minimum Gasteiger partial charge on any atom is -0.550 e. The number of carbonyl (C=O) groups is 4. The minimum atomic E-state index is -1.14. The molecule has 0 spiro atoms. The molecule has 0 heterocycles. The molecule has 0 saturated heterocycles. The Balaban J connectivity index is 0. The third kappa shape index (κ3) is 13.6. The Morgan fingerprint density at radius 3 is 1.05 bits per heavy atom. The summed E-state index contributed by atoms with van der Waals surface area (Å²) in [7, 11) is 7.91. The number of carboxylic acids is 2. The number of carbonyl (C=O) groups excluding carboxylic acids is 4. The summed E-state index contributed by atoms with van der Waals surface area (Å²) in [6.07, 6.45) is 1.51. The molecule has 0 aromatic rings.